The summed E-state index contributed by atoms with van der Waals surface area (Å²) in [6.07, 6.45) is 2.07. The summed E-state index contributed by atoms with van der Waals surface area (Å²) in [6.45, 7) is 8.08. The molecule has 0 spiro atoms. The molecule has 3 aromatic heterocycles. The van der Waals surface area contributed by atoms with Crippen molar-refractivity contribution >= 4 is 27.5 Å². The Labute approximate surface area is 244 Å². The highest BCUT2D eigenvalue weighted by Gasteiger charge is 2.36. The first kappa shape index (κ1) is 30.6. The van der Waals surface area contributed by atoms with Crippen LogP contribution < -0.4 is 21.3 Å². The van der Waals surface area contributed by atoms with Gasteiger partial charge in [0, 0.05) is 17.2 Å². The predicted molar refractivity (Wildman–Crippen MR) is 154 cm³/mol. The molecule has 0 saturated heterocycles. The van der Waals surface area contributed by atoms with Gasteiger partial charge in [0.05, 0.1) is 50.5 Å². The Hall–Kier alpha value is -4.35. The van der Waals surface area contributed by atoms with Gasteiger partial charge >= 0.3 is 5.69 Å². The van der Waals surface area contributed by atoms with Crippen LogP contribution in [0.3, 0.4) is 0 Å². The zero-order valence-electron chi connectivity index (χ0n) is 24.2. The number of amides is 1. The van der Waals surface area contributed by atoms with E-state index in [0.29, 0.717) is 26.7 Å². The van der Waals surface area contributed by atoms with Crippen LogP contribution in [0.2, 0.25) is 0 Å². The standard InChI is InChI=1S/C28H32FN7O5S/c1-16(2)33-26(38)28(4,5)35-23(37)22-17(3)24(36-31-11-12-32-36)42-25(22)34(27(35)39)15-21(41-13-7-10-30)19-14-18(29)8-9-20(19)40-6/h8-9,11-12,14,16,21H,7,13,15H2,1-6H3,(H,33,38)/t21-/m0/s1. The Morgan fingerprint density at radius 1 is 1.24 bits per heavy atom. The van der Waals surface area contributed by atoms with Crippen LogP contribution in [0.25, 0.3) is 15.2 Å². The largest absolute Gasteiger partial charge is 0.496 e. The number of nitriles is 1. The molecule has 0 aliphatic rings. The Morgan fingerprint density at radius 2 is 1.93 bits per heavy atom. The molecule has 1 N–H and O–H groups in total. The van der Waals surface area contributed by atoms with Crippen molar-refractivity contribution in [2.45, 2.75) is 65.3 Å². The first-order valence-corrected chi connectivity index (χ1v) is 14.0. The SMILES string of the molecule is COc1ccc(F)cc1[C@H](Cn1c(=O)n(C(C)(C)C(=O)NC(C)C)c(=O)c2c(C)c(-n3nccn3)sc21)OCCC#N. The van der Waals surface area contributed by atoms with Crippen LogP contribution in [0, 0.1) is 24.1 Å². The number of ether oxygens (including phenoxy) is 2. The highest BCUT2D eigenvalue weighted by atomic mass is 32.1. The molecule has 0 fully saturated rings. The molecule has 222 valence electrons. The summed E-state index contributed by atoms with van der Waals surface area (Å²) in [5.41, 5.74) is -2.16. The quantitative estimate of drug-likeness (QED) is 0.260. The highest BCUT2D eigenvalue weighted by Crippen LogP contribution is 2.34. The van der Waals surface area contributed by atoms with Crippen LogP contribution in [0.4, 0.5) is 4.39 Å². The first-order chi connectivity index (χ1) is 19.9. The van der Waals surface area contributed by atoms with E-state index in [9.17, 15) is 18.8 Å². The molecule has 0 aliphatic heterocycles. The molecule has 1 aromatic carbocycles. The highest BCUT2D eigenvalue weighted by molar-refractivity contribution is 7.21. The van der Waals surface area contributed by atoms with Crippen molar-refractivity contribution in [1.29, 1.82) is 5.26 Å². The maximum Gasteiger partial charge on any atom is 0.333 e. The van der Waals surface area contributed by atoms with Crippen molar-refractivity contribution in [2.75, 3.05) is 13.7 Å². The van der Waals surface area contributed by atoms with E-state index in [4.69, 9.17) is 14.7 Å². The number of methoxy groups -OCH3 is 1. The van der Waals surface area contributed by atoms with Crippen molar-refractivity contribution in [3.63, 3.8) is 0 Å². The Morgan fingerprint density at radius 3 is 2.55 bits per heavy atom. The van der Waals surface area contributed by atoms with E-state index in [1.165, 1.54) is 60.9 Å². The predicted octanol–water partition coefficient (Wildman–Crippen LogP) is 3.19. The summed E-state index contributed by atoms with van der Waals surface area (Å²) in [4.78, 5) is 43.3. The van der Waals surface area contributed by atoms with Crippen LogP contribution in [0.15, 0.2) is 40.2 Å². The number of fused-ring (bicyclic) bond motifs is 1. The number of hydrogen-bond donors (Lipinski definition) is 1. The van der Waals surface area contributed by atoms with E-state index < -0.39 is 34.6 Å². The van der Waals surface area contributed by atoms with E-state index in [0.717, 1.165) is 15.9 Å². The lowest BCUT2D eigenvalue weighted by molar-refractivity contribution is -0.129. The molecular weight excluding hydrogens is 565 g/mol. The average molecular weight is 598 g/mol. The van der Waals surface area contributed by atoms with Gasteiger partial charge in [-0.2, -0.15) is 15.5 Å². The number of nitrogens with zero attached hydrogens (tertiary/aromatic N) is 6. The van der Waals surface area contributed by atoms with Crippen LogP contribution in [0.1, 0.15) is 51.3 Å². The molecule has 3 heterocycles. The number of hydrogen-bond acceptors (Lipinski definition) is 9. The molecule has 0 saturated carbocycles. The zero-order chi connectivity index (χ0) is 30.8. The maximum atomic E-state index is 14.4. The van der Waals surface area contributed by atoms with Crippen LogP contribution in [-0.2, 0) is 21.6 Å². The fourth-order valence-corrected chi connectivity index (χ4v) is 5.87. The number of aryl methyl sites for hydroxylation is 1. The van der Waals surface area contributed by atoms with Crippen molar-refractivity contribution in [2.24, 2.45) is 0 Å². The lowest BCUT2D eigenvalue weighted by Gasteiger charge is -2.28. The number of carbonyl (C=O) groups is 1. The van der Waals surface area contributed by atoms with E-state index in [2.05, 4.69) is 15.5 Å². The van der Waals surface area contributed by atoms with Gasteiger partial charge in [-0.1, -0.05) is 11.3 Å². The number of halogens is 1. The van der Waals surface area contributed by atoms with Gasteiger partial charge in [0.15, 0.2) is 0 Å². The van der Waals surface area contributed by atoms with Gasteiger partial charge in [0.25, 0.3) is 5.56 Å². The minimum absolute atomic E-state index is 0.00736. The topological polar surface area (TPSA) is 146 Å². The normalized spacial score (nSPS) is 12.5. The minimum Gasteiger partial charge on any atom is -0.496 e. The minimum atomic E-state index is -1.58. The van der Waals surface area contributed by atoms with Gasteiger partial charge in [-0.15, -0.1) is 4.80 Å². The second kappa shape index (κ2) is 12.3. The van der Waals surface area contributed by atoms with Gasteiger partial charge in [-0.3, -0.25) is 14.2 Å². The Balaban J connectivity index is 2.03. The van der Waals surface area contributed by atoms with Crippen molar-refractivity contribution in [3.8, 4) is 16.8 Å². The lowest BCUT2D eigenvalue weighted by atomic mass is 10.0. The van der Waals surface area contributed by atoms with Crippen molar-refractivity contribution in [3.05, 3.63) is 68.4 Å². The number of thiophene rings is 1. The fraction of sp³-hybridized carbons (Fsp3) is 0.429. The summed E-state index contributed by atoms with van der Waals surface area (Å²) < 4.78 is 28.2. The molecule has 14 heteroatoms. The maximum absolute atomic E-state index is 14.4. The summed E-state index contributed by atoms with van der Waals surface area (Å²) in [7, 11) is 1.43. The first-order valence-electron chi connectivity index (χ1n) is 13.2. The van der Waals surface area contributed by atoms with E-state index in [1.807, 2.05) is 6.07 Å². The Bertz CT molecular complexity index is 1770. The van der Waals surface area contributed by atoms with Crippen molar-refractivity contribution < 1.29 is 18.7 Å². The van der Waals surface area contributed by atoms with Crippen molar-refractivity contribution in [1.82, 2.24) is 29.4 Å². The molecule has 0 bridgehead atoms. The molecule has 1 atom stereocenters. The van der Waals surface area contributed by atoms with E-state index in [-0.39, 0.29) is 31.0 Å². The number of benzene rings is 1. The molecule has 12 nitrogen and oxygen atoms in total. The third kappa shape index (κ3) is 5.70. The second-order valence-corrected chi connectivity index (χ2v) is 11.4. The molecule has 4 aromatic rings. The van der Waals surface area contributed by atoms with Gasteiger partial charge in [-0.25, -0.2) is 13.8 Å². The Kier molecular flexibility index (Phi) is 8.93. The van der Waals surface area contributed by atoms with E-state index in [1.54, 1.807) is 20.8 Å². The van der Waals surface area contributed by atoms with Crippen LogP contribution in [0.5, 0.6) is 5.75 Å². The van der Waals surface area contributed by atoms with Gasteiger partial charge in [0.2, 0.25) is 5.91 Å². The second-order valence-electron chi connectivity index (χ2n) is 10.4. The molecule has 4 rings (SSSR count). The summed E-state index contributed by atoms with van der Waals surface area (Å²) in [5, 5.41) is 21.0. The third-order valence-corrected chi connectivity index (χ3v) is 8.02. The van der Waals surface area contributed by atoms with Crippen LogP contribution in [-0.4, -0.2) is 49.8 Å². The van der Waals surface area contributed by atoms with Gasteiger partial charge in [-0.05, 0) is 52.8 Å². The lowest BCUT2D eigenvalue weighted by Crippen LogP contribution is -2.56. The molecule has 0 unspecified atom stereocenters. The smallest absolute Gasteiger partial charge is 0.333 e. The average Bonchev–Trinajstić information content (AvgIpc) is 3.58. The third-order valence-electron chi connectivity index (χ3n) is 6.74. The number of rotatable bonds is 11. The number of carbonyl (C=O) groups excluding carboxylic acids is 1. The van der Waals surface area contributed by atoms with Crippen LogP contribution >= 0.6 is 11.3 Å². The number of nitrogens with one attached hydrogen (secondary N) is 1. The zero-order valence-corrected chi connectivity index (χ0v) is 25.0. The fourth-order valence-electron chi connectivity index (χ4n) is 4.65. The summed E-state index contributed by atoms with van der Waals surface area (Å²) in [5.74, 6) is -0.748. The number of aromatic nitrogens is 5. The molecule has 1 amide bonds. The molecule has 42 heavy (non-hydrogen) atoms. The molecule has 0 aliphatic carbocycles. The summed E-state index contributed by atoms with van der Waals surface area (Å²) in [6, 6.07) is 5.69. The summed E-state index contributed by atoms with van der Waals surface area (Å²) >= 11 is 1.13. The van der Waals surface area contributed by atoms with Gasteiger partial charge < -0.3 is 14.8 Å². The van der Waals surface area contributed by atoms with E-state index >= 15 is 0 Å². The molecule has 0 radical (unpaired) electrons. The monoisotopic (exact) mass is 597 g/mol. The van der Waals surface area contributed by atoms with Gasteiger partial charge in [0.1, 0.15) is 33.0 Å². The molecular formula is C28H32FN7O5S.